The molecule has 0 aliphatic heterocycles. The van der Waals surface area contributed by atoms with Crippen LogP contribution in [0.25, 0.3) is 0 Å². The van der Waals surface area contributed by atoms with Gasteiger partial charge in [0.05, 0.1) is 5.69 Å². The number of hydrogen-bond acceptors (Lipinski definition) is 2. The summed E-state index contributed by atoms with van der Waals surface area (Å²) in [5.41, 5.74) is 1.83. The number of alkyl halides is 2. The Bertz CT molecular complexity index is 458. The number of ketones is 1. The fourth-order valence-electron chi connectivity index (χ4n) is 2.59. The number of carbonyl (C=O) groups excluding carboxylic acids is 1. The lowest BCUT2D eigenvalue weighted by molar-refractivity contribution is -0.126. The molecule has 1 fully saturated rings. The van der Waals surface area contributed by atoms with Crippen molar-refractivity contribution in [3.05, 3.63) is 17.5 Å². The van der Waals surface area contributed by atoms with Crippen molar-refractivity contribution in [1.82, 2.24) is 9.78 Å². The van der Waals surface area contributed by atoms with E-state index in [0.29, 0.717) is 19.3 Å². The molecule has 1 aliphatic carbocycles. The smallest absolute Gasteiger partial charge is 0.248 e. The summed E-state index contributed by atoms with van der Waals surface area (Å²) in [7, 11) is 1.82. The summed E-state index contributed by atoms with van der Waals surface area (Å²) in [6.07, 6.45) is 1.44. The van der Waals surface area contributed by atoms with Crippen LogP contribution < -0.4 is 0 Å². The van der Waals surface area contributed by atoms with E-state index < -0.39 is 5.92 Å². The number of hydrogen-bond donors (Lipinski definition) is 0. The summed E-state index contributed by atoms with van der Waals surface area (Å²) in [6, 6.07) is 1.93. The molecule has 0 amide bonds. The third kappa shape index (κ3) is 3.39. The average molecular weight is 270 g/mol. The van der Waals surface area contributed by atoms with Gasteiger partial charge in [-0.05, 0) is 25.3 Å². The zero-order valence-corrected chi connectivity index (χ0v) is 11.5. The van der Waals surface area contributed by atoms with Crippen LogP contribution >= 0.6 is 0 Å². The Hall–Kier alpha value is -1.26. The van der Waals surface area contributed by atoms with Crippen LogP contribution in [0.5, 0.6) is 0 Å². The largest absolute Gasteiger partial charge is 0.299 e. The highest BCUT2D eigenvalue weighted by molar-refractivity contribution is 5.83. The van der Waals surface area contributed by atoms with Gasteiger partial charge in [0.2, 0.25) is 5.92 Å². The van der Waals surface area contributed by atoms with Crippen LogP contribution in [0.3, 0.4) is 0 Å². The quantitative estimate of drug-likeness (QED) is 0.843. The van der Waals surface area contributed by atoms with Gasteiger partial charge in [0.1, 0.15) is 5.78 Å². The third-order valence-electron chi connectivity index (χ3n) is 3.92. The van der Waals surface area contributed by atoms with Gasteiger partial charge in [0.25, 0.3) is 0 Å². The molecule has 0 bridgehead atoms. The number of aryl methyl sites for hydroxylation is 2. The van der Waals surface area contributed by atoms with Crippen molar-refractivity contribution in [2.45, 2.75) is 51.4 Å². The summed E-state index contributed by atoms with van der Waals surface area (Å²) in [5, 5.41) is 4.29. The Morgan fingerprint density at radius 3 is 2.63 bits per heavy atom. The third-order valence-corrected chi connectivity index (χ3v) is 3.92. The number of nitrogens with zero attached hydrogens (tertiary/aromatic N) is 2. The molecule has 106 valence electrons. The van der Waals surface area contributed by atoms with Gasteiger partial charge in [-0.2, -0.15) is 5.10 Å². The lowest BCUT2D eigenvalue weighted by atomic mass is 9.83. The van der Waals surface area contributed by atoms with Crippen molar-refractivity contribution >= 4 is 5.78 Å². The van der Waals surface area contributed by atoms with Gasteiger partial charge in [-0.25, -0.2) is 8.78 Å². The van der Waals surface area contributed by atoms with Crippen LogP contribution in [0.4, 0.5) is 8.78 Å². The molecule has 5 heteroatoms. The first-order valence-electron chi connectivity index (χ1n) is 6.83. The minimum atomic E-state index is -2.57. The molecule has 0 radical (unpaired) electrons. The van der Waals surface area contributed by atoms with Gasteiger partial charge in [0, 0.05) is 37.9 Å². The molecule has 3 nitrogen and oxygen atoms in total. The first-order valence-corrected chi connectivity index (χ1v) is 6.83. The molecular weight excluding hydrogens is 250 g/mol. The minimum Gasteiger partial charge on any atom is -0.299 e. The van der Waals surface area contributed by atoms with Crippen molar-refractivity contribution in [3.63, 3.8) is 0 Å². The highest BCUT2D eigenvalue weighted by atomic mass is 19.3. The lowest BCUT2D eigenvalue weighted by Crippen LogP contribution is -2.29. The summed E-state index contributed by atoms with van der Waals surface area (Å²) in [4.78, 5) is 12.1. The van der Waals surface area contributed by atoms with Crippen molar-refractivity contribution < 1.29 is 13.6 Å². The van der Waals surface area contributed by atoms with Crippen molar-refractivity contribution in [2.75, 3.05) is 0 Å². The molecule has 1 aromatic rings. The van der Waals surface area contributed by atoms with Crippen molar-refractivity contribution in [2.24, 2.45) is 13.0 Å². The van der Waals surface area contributed by atoms with E-state index in [1.165, 1.54) is 0 Å². The highest BCUT2D eigenvalue weighted by Crippen LogP contribution is 2.36. The molecule has 0 atom stereocenters. The monoisotopic (exact) mass is 270 g/mol. The molecule has 1 aliphatic rings. The molecule has 1 aromatic heterocycles. The lowest BCUT2D eigenvalue weighted by Gasteiger charge is -2.27. The molecule has 19 heavy (non-hydrogen) atoms. The van der Waals surface area contributed by atoms with Gasteiger partial charge >= 0.3 is 0 Å². The maximum absolute atomic E-state index is 13.1. The Balaban J connectivity index is 1.96. The molecule has 2 rings (SSSR count). The van der Waals surface area contributed by atoms with E-state index in [9.17, 15) is 13.6 Å². The first-order chi connectivity index (χ1) is 8.91. The molecular formula is C14H20F2N2O. The fraction of sp³-hybridized carbons (Fsp3) is 0.714. The summed E-state index contributed by atoms with van der Waals surface area (Å²) < 4.78 is 27.8. The molecule has 0 N–H and O–H groups in total. The van der Waals surface area contributed by atoms with E-state index >= 15 is 0 Å². The van der Waals surface area contributed by atoms with Gasteiger partial charge in [-0.15, -0.1) is 0 Å². The normalized spacial score (nSPS) is 19.6. The summed E-state index contributed by atoms with van der Waals surface area (Å²) >= 11 is 0. The Kier molecular flexibility index (Phi) is 4.02. The van der Waals surface area contributed by atoms with Gasteiger partial charge in [-0.3, -0.25) is 9.48 Å². The Morgan fingerprint density at radius 1 is 1.47 bits per heavy atom. The first kappa shape index (κ1) is 14.2. The Morgan fingerprint density at radius 2 is 2.11 bits per heavy atom. The zero-order chi connectivity index (χ0) is 14.0. The average Bonchev–Trinajstić information content (AvgIpc) is 2.70. The summed E-state index contributed by atoms with van der Waals surface area (Å²) in [6.45, 7) is 2.01. The number of halogens is 2. The van der Waals surface area contributed by atoms with Crippen LogP contribution in [0.2, 0.25) is 0 Å². The van der Waals surface area contributed by atoms with E-state index in [4.69, 9.17) is 0 Å². The van der Waals surface area contributed by atoms with Crippen LogP contribution in [0.1, 0.15) is 44.0 Å². The van der Waals surface area contributed by atoms with Gasteiger partial charge < -0.3 is 0 Å². The van der Waals surface area contributed by atoms with E-state index in [1.54, 1.807) is 4.68 Å². The van der Waals surface area contributed by atoms with Gasteiger partial charge in [-0.1, -0.05) is 6.92 Å². The highest BCUT2D eigenvalue weighted by Gasteiger charge is 2.37. The minimum absolute atomic E-state index is 0.0705. The maximum Gasteiger partial charge on any atom is 0.248 e. The van der Waals surface area contributed by atoms with Crippen molar-refractivity contribution in [3.8, 4) is 0 Å². The van der Waals surface area contributed by atoms with E-state index in [2.05, 4.69) is 5.10 Å². The van der Waals surface area contributed by atoms with Crippen LogP contribution in [-0.2, 0) is 24.7 Å². The van der Waals surface area contributed by atoms with Crippen LogP contribution in [0, 0.1) is 5.92 Å². The SMILES string of the molecule is CCc1cc(CC(=O)C2CCC(F)(F)CC2)n(C)n1. The standard InChI is InChI=1S/C14H20F2N2O/c1-3-11-8-12(18(2)17-11)9-13(19)10-4-6-14(15,16)7-5-10/h8,10H,3-7,9H2,1-2H3. The molecule has 0 aromatic carbocycles. The second kappa shape index (κ2) is 5.39. The second-order valence-electron chi connectivity index (χ2n) is 5.38. The summed E-state index contributed by atoms with van der Waals surface area (Å²) in [5.74, 6) is -2.71. The van der Waals surface area contributed by atoms with E-state index in [0.717, 1.165) is 17.8 Å². The number of rotatable bonds is 4. The molecule has 1 heterocycles. The molecule has 0 saturated heterocycles. The van der Waals surface area contributed by atoms with E-state index in [-0.39, 0.29) is 24.5 Å². The van der Waals surface area contributed by atoms with Crippen molar-refractivity contribution in [1.29, 1.82) is 0 Å². The van der Waals surface area contributed by atoms with E-state index in [1.807, 2.05) is 20.0 Å². The second-order valence-corrected chi connectivity index (χ2v) is 5.38. The van der Waals surface area contributed by atoms with Gasteiger partial charge in [0.15, 0.2) is 0 Å². The fourth-order valence-corrected chi connectivity index (χ4v) is 2.59. The molecule has 1 saturated carbocycles. The zero-order valence-electron chi connectivity index (χ0n) is 11.5. The predicted octanol–water partition coefficient (Wildman–Crippen LogP) is 2.92. The predicted molar refractivity (Wildman–Crippen MR) is 68.2 cm³/mol. The Labute approximate surface area is 112 Å². The maximum atomic E-state index is 13.1. The van der Waals surface area contributed by atoms with Crippen LogP contribution in [0.15, 0.2) is 6.07 Å². The number of Topliss-reactive ketones (excluding diaryl/α,β-unsaturated/α-hetero) is 1. The number of carbonyl (C=O) groups is 1. The molecule has 0 spiro atoms. The topological polar surface area (TPSA) is 34.9 Å². The van der Waals surface area contributed by atoms with Crippen LogP contribution in [-0.4, -0.2) is 21.5 Å². The number of aromatic nitrogens is 2. The molecule has 0 unspecified atom stereocenters.